The minimum Gasteiger partial charge on any atom is -0.452 e. The first kappa shape index (κ1) is 16.3. The Morgan fingerprint density at radius 2 is 1.93 bits per heavy atom. The predicted octanol–water partition coefficient (Wildman–Crippen LogP) is 3.19. The molecular weight excluding hydrogens is 338 g/mol. The summed E-state index contributed by atoms with van der Waals surface area (Å²) in [6.07, 6.45) is 3.76. The third-order valence-corrected chi connectivity index (χ3v) is 5.29. The van der Waals surface area contributed by atoms with Crippen LogP contribution >= 0.6 is 0 Å². The first-order valence-electron chi connectivity index (χ1n) is 9.35. The molecule has 3 heterocycles. The third-order valence-electron chi connectivity index (χ3n) is 5.29. The molecule has 0 atom stereocenters. The largest absolute Gasteiger partial charge is 0.452 e. The third kappa shape index (κ3) is 2.95. The van der Waals surface area contributed by atoms with E-state index < -0.39 is 0 Å². The summed E-state index contributed by atoms with van der Waals surface area (Å²) in [4.78, 5) is 18.5. The van der Waals surface area contributed by atoms with Crippen LogP contribution in [-0.2, 0) is 6.54 Å². The maximum atomic E-state index is 12.9. The fourth-order valence-corrected chi connectivity index (χ4v) is 3.86. The van der Waals surface area contributed by atoms with Crippen LogP contribution in [-0.4, -0.2) is 41.8 Å². The molecule has 0 unspecified atom stereocenters. The summed E-state index contributed by atoms with van der Waals surface area (Å²) in [5.74, 6) is 1.06. The first-order chi connectivity index (χ1) is 13.3. The van der Waals surface area contributed by atoms with Gasteiger partial charge in [-0.2, -0.15) is 0 Å². The second kappa shape index (κ2) is 6.68. The minimum absolute atomic E-state index is 0.0440. The van der Waals surface area contributed by atoms with Gasteiger partial charge in [-0.05, 0) is 18.2 Å². The number of piperazine rings is 1. The lowest BCUT2D eigenvalue weighted by atomic mass is 10.1. The van der Waals surface area contributed by atoms with Crippen LogP contribution in [0.25, 0.3) is 17.0 Å². The highest BCUT2D eigenvalue weighted by molar-refractivity contribution is 6.15. The number of para-hydroxylation sites is 2. The molecule has 3 aromatic rings. The summed E-state index contributed by atoms with van der Waals surface area (Å²) in [7, 11) is 0. The second-order valence-electron chi connectivity index (χ2n) is 7.05. The number of nitrogens with zero attached hydrogens (tertiary/aromatic N) is 1. The molecule has 5 nitrogen and oxygen atoms in total. The fraction of sp³-hybridized carbons (Fsp3) is 0.227. The standard InChI is InChI=1S/C22H21N3O2/c26-21-18-6-3-4-15(14-25-10-8-23-9-11-25)22(18)27-20(21)12-16-13-24-19-7-2-1-5-17(16)19/h1-7,12-13,23-24H,8-11,14H2. The van der Waals surface area contributed by atoms with Gasteiger partial charge in [-0.15, -0.1) is 0 Å². The molecule has 2 aliphatic rings. The van der Waals surface area contributed by atoms with E-state index in [1.165, 1.54) is 0 Å². The summed E-state index contributed by atoms with van der Waals surface area (Å²) in [6, 6.07) is 13.9. The number of carbonyl (C=O) groups is 1. The number of aromatic nitrogens is 1. The average Bonchev–Trinajstić information content (AvgIpc) is 3.26. The number of hydrogen-bond acceptors (Lipinski definition) is 4. The molecular formula is C22H21N3O2. The number of Topliss-reactive ketones (excluding diaryl/α,β-unsaturated/α-hetero) is 1. The van der Waals surface area contributed by atoms with Gasteiger partial charge in [0.2, 0.25) is 5.78 Å². The average molecular weight is 359 g/mol. The van der Waals surface area contributed by atoms with Crippen LogP contribution in [0.2, 0.25) is 0 Å². The molecule has 136 valence electrons. The van der Waals surface area contributed by atoms with Crippen molar-refractivity contribution in [2.45, 2.75) is 6.54 Å². The Bertz CT molecular complexity index is 1040. The molecule has 5 rings (SSSR count). The molecule has 1 saturated heterocycles. The Labute approximate surface area is 157 Å². The molecule has 0 saturated carbocycles. The van der Waals surface area contributed by atoms with Crippen LogP contribution in [0.3, 0.4) is 0 Å². The number of hydrogen-bond donors (Lipinski definition) is 2. The fourth-order valence-electron chi connectivity index (χ4n) is 3.86. The summed E-state index contributed by atoms with van der Waals surface area (Å²) >= 11 is 0. The number of benzene rings is 2. The monoisotopic (exact) mass is 359 g/mol. The Hall–Kier alpha value is -2.89. The van der Waals surface area contributed by atoms with Gasteiger partial charge >= 0.3 is 0 Å². The van der Waals surface area contributed by atoms with Crippen molar-refractivity contribution in [2.75, 3.05) is 26.2 Å². The molecule has 1 fully saturated rings. The smallest absolute Gasteiger partial charge is 0.231 e. The van der Waals surface area contributed by atoms with Gasteiger partial charge in [-0.3, -0.25) is 9.69 Å². The van der Waals surface area contributed by atoms with E-state index in [1.54, 1.807) is 0 Å². The number of fused-ring (bicyclic) bond motifs is 2. The van der Waals surface area contributed by atoms with Gasteiger partial charge in [0.15, 0.2) is 5.76 Å². The maximum absolute atomic E-state index is 12.9. The van der Waals surface area contributed by atoms with Crippen molar-refractivity contribution in [1.82, 2.24) is 15.2 Å². The lowest BCUT2D eigenvalue weighted by Crippen LogP contribution is -2.42. The van der Waals surface area contributed by atoms with Gasteiger partial charge in [-0.25, -0.2) is 0 Å². The number of nitrogens with one attached hydrogen (secondary N) is 2. The minimum atomic E-state index is -0.0440. The van der Waals surface area contributed by atoms with Crippen molar-refractivity contribution in [3.05, 3.63) is 71.1 Å². The lowest BCUT2D eigenvalue weighted by molar-refractivity contribution is 0.101. The van der Waals surface area contributed by atoms with Crippen molar-refractivity contribution >= 4 is 22.8 Å². The summed E-state index contributed by atoms with van der Waals surface area (Å²) in [6.45, 7) is 4.82. The highest BCUT2D eigenvalue weighted by Gasteiger charge is 2.30. The number of aromatic amines is 1. The predicted molar refractivity (Wildman–Crippen MR) is 106 cm³/mol. The number of ether oxygens (including phenoxy) is 1. The number of ketones is 1. The van der Waals surface area contributed by atoms with E-state index in [-0.39, 0.29) is 5.78 Å². The first-order valence-corrected chi connectivity index (χ1v) is 9.35. The summed E-state index contributed by atoms with van der Waals surface area (Å²) < 4.78 is 6.07. The van der Waals surface area contributed by atoms with Crippen LogP contribution in [0, 0.1) is 0 Å². The molecule has 0 amide bonds. The maximum Gasteiger partial charge on any atom is 0.231 e. The van der Waals surface area contributed by atoms with Crippen molar-refractivity contribution < 1.29 is 9.53 Å². The van der Waals surface area contributed by atoms with Crippen LogP contribution in [0.4, 0.5) is 0 Å². The Morgan fingerprint density at radius 1 is 1.07 bits per heavy atom. The number of rotatable bonds is 3. The van der Waals surface area contributed by atoms with Gasteiger partial charge in [0.25, 0.3) is 0 Å². The van der Waals surface area contributed by atoms with E-state index in [2.05, 4.69) is 21.3 Å². The zero-order valence-electron chi connectivity index (χ0n) is 15.0. The lowest BCUT2D eigenvalue weighted by Gasteiger charge is -2.27. The quantitative estimate of drug-likeness (QED) is 0.705. The van der Waals surface area contributed by atoms with Crippen molar-refractivity contribution in [3.8, 4) is 5.75 Å². The van der Waals surface area contributed by atoms with Crippen LogP contribution in [0.15, 0.2) is 54.4 Å². The molecule has 2 aromatic carbocycles. The Kier molecular flexibility index (Phi) is 4.03. The Balaban J connectivity index is 1.47. The van der Waals surface area contributed by atoms with Gasteiger partial charge in [-0.1, -0.05) is 30.3 Å². The van der Waals surface area contributed by atoms with Crippen LogP contribution in [0.1, 0.15) is 21.5 Å². The van der Waals surface area contributed by atoms with Crippen molar-refractivity contribution in [3.63, 3.8) is 0 Å². The number of allylic oxidation sites excluding steroid dienone is 1. The molecule has 0 aliphatic carbocycles. The molecule has 0 radical (unpaired) electrons. The molecule has 2 N–H and O–H groups in total. The summed E-state index contributed by atoms with van der Waals surface area (Å²) in [5, 5.41) is 4.45. The van der Waals surface area contributed by atoms with Crippen molar-refractivity contribution in [2.24, 2.45) is 0 Å². The van der Waals surface area contributed by atoms with Crippen molar-refractivity contribution in [1.29, 1.82) is 0 Å². The van der Waals surface area contributed by atoms with Crippen LogP contribution < -0.4 is 10.1 Å². The molecule has 0 bridgehead atoms. The van der Waals surface area contributed by atoms with E-state index in [0.717, 1.165) is 54.8 Å². The highest BCUT2D eigenvalue weighted by Crippen LogP contribution is 2.36. The van der Waals surface area contributed by atoms with E-state index in [0.29, 0.717) is 17.1 Å². The van der Waals surface area contributed by atoms with Gasteiger partial charge < -0.3 is 15.0 Å². The van der Waals surface area contributed by atoms with Gasteiger partial charge in [0.1, 0.15) is 5.75 Å². The number of H-pyrrole nitrogens is 1. The molecule has 2 aliphatic heterocycles. The zero-order chi connectivity index (χ0) is 18.2. The molecule has 27 heavy (non-hydrogen) atoms. The van der Waals surface area contributed by atoms with Crippen LogP contribution in [0.5, 0.6) is 5.75 Å². The van der Waals surface area contributed by atoms with E-state index in [4.69, 9.17) is 4.74 Å². The SMILES string of the molecule is O=C1C(=Cc2c[nH]c3ccccc23)Oc2c(CN3CCNCC3)cccc21. The van der Waals surface area contributed by atoms with E-state index in [1.807, 2.05) is 48.7 Å². The number of carbonyl (C=O) groups excluding carboxylic acids is 1. The molecule has 1 aromatic heterocycles. The second-order valence-corrected chi connectivity index (χ2v) is 7.05. The highest BCUT2D eigenvalue weighted by atomic mass is 16.5. The van der Waals surface area contributed by atoms with Gasteiger partial charge in [0.05, 0.1) is 5.56 Å². The molecule has 0 spiro atoms. The normalized spacial score (nSPS) is 18.8. The van der Waals surface area contributed by atoms with Gasteiger partial charge in [0, 0.05) is 61.0 Å². The Morgan fingerprint density at radius 3 is 2.81 bits per heavy atom. The zero-order valence-corrected chi connectivity index (χ0v) is 15.0. The molecule has 5 heteroatoms. The van der Waals surface area contributed by atoms with E-state index >= 15 is 0 Å². The summed E-state index contributed by atoms with van der Waals surface area (Å²) in [5.41, 5.74) is 3.75. The topological polar surface area (TPSA) is 57.4 Å². The van der Waals surface area contributed by atoms with E-state index in [9.17, 15) is 4.79 Å².